The van der Waals surface area contributed by atoms with Gasteiger partial charge in [-0.15, -0.1) is 0 Å². The van der Waals surface area contributed by atoms with Gasteiger partial charge in [0, 0.05) is 6.54 Å². The molecule has 0 radical (unpaired) electrons. The third-order valence-corrected chi connectivity index (χ3v) is 2.20. The van der Waals surface area contributed by atoms with E-state index in [4.69, 9.17) is 15.8 Å². The van der Waals surface area contributed by atoms with Crippen molar-refractivity contribution in [3.8, 4) is 0 Å². The third kappa shape index (κ3) is 1.60. The van der Waals surface area contributed by atoms with E-state index in [9.17, 15) is 4.79 Å². The van der Waals surface area contributed by atoms with E-state index in [1.54, 1.807) is 6.92 Å². The first-order valence-electron chi connectivity index (χ1n) is 3.96. The second kappa shape index (κ2) is 3.43. The van der Waals surface area contributed by atoms with Crippen LogP contribution >= 0.6 is 0 Å². The number of carbonyl (C=O) groups excluding carboxylic acids is 1. The molecule has 0 bridgehead atoms. The smallest absolute Gasteiger partial charge is 0.426 e. The first kappa shape index (κ1) is 9.50. The van der Waals surface area contributed by atoms with Crippen LogP contribution in [0, 0.1) is 0 Å². The first-order chi connectivity index (χ1) is 5.54. The van der Waals surface area contributed by atoms with Gasteiger partial charge in [0.15, 0.2) is 0 Å². The fourth-order valence-corrected chi connectivity index (χ4v) is 1.29. The van der Waals surface area contributed by atoms with Gasteiger partial charge >= 0.3 is 7.12 Å². The quantitative estimate of drug-likeness (QED) is 0.418. The van der Waals surface area contributed by atoms with E-state index in [1.165, 1.54) is 4.90 Å². The molecule has 5 nitrogen and oxygen atoms in total. The molecule has 6 heteroatoms. The minimum Gasteiger partial charge on any atom is -0.426 e. The van der Waals surface area contributed by atoms with Gasteiger partial charge in [0.2, 0.25) is 5.91 Å². The molecule has 1 amide bonds. The Bertz CT molecular complexity index is 188. The molecule has 0 aliphatic carbocycles. The number of rotatable bonds is 2. The molecule has 1 saturated heterocycles. The molecule has 0 spiro atoms. The Morgan fingerprint density at radius 3 is 2.67 bits per heavy atom. The summed E-state index contributed by atoms with van der Waals surface area (Å²) < 4.78 is 0. The molecule has 1 rings (SSSR count). The maximum Gasteiger partial charge on any atom is 0.475 e. The van der Waals surface area contributed by atoms with Gasteiger partial charge in [0.05, 0.1) is 12.0 Å². The normalized spacial score (nSPS) is 26.2. The minimum absolute atomic E-state index is 0.199. The molecule has 1 aliphatic heterocycles. The van der Waals surface area contributed by atoms with Gasteiger partial charge in [-0.1, -0.05) is 0 Å². The monoisotopic (exact) mass is 172 g/mol. The number of nitrogens with zero attached hydrogens (tertiary/aromatic N) is 1. The van der Waals surface area contributed by atoms with Gasteiger partial charge in [-0.3, -0.25) is 4.79 Å². The van der Waals surface area contributed by atoms with Crippen LogP contribution in [-0.4, -0.2) is 46.5 Å². The van der Waals surface area contributed by atoms with E-state index >= 15 is 0 Å². The Morgan fingerprint density at radius 1 is 1.75 bits per heavy atom. The van der Waals surface area contributed by atoms with E-state index < -0.39 is 19.1 Å². The molecule has 1 heterocycles. The number of carbonyl (C=O) groups is 1. The fraction of sp³-hybridized carbons (Fsp3) is 0.833. The van der Waals surface area contributed by atoms with Crippen molar-refractivity contribution in [1.82, 2.24) is 4.90 Å². The lowest BCUT2D eigenvalue weighted by Crippen LogP contribution is -2.47. The Kier molecular flexibility index (Phi) is 2.71. The second-order valence-electron chi connectivity index (χ2n) is 3.08. The van der Waals surface area contributed by atoms with Gasteiger partial charge in [-0.05, 0) is 13.3 Å². The highest BCUT2D eigenvalue weighted by Gasteiger charge is 2.36. The molecule has 68 valence electrons. The standard InChI is InChI=1S/C6H13BN2O3/c1-4(7(11)12)9-3-2-5(8)6(9)10/h4-5,11-12H,2-3,8H2,1H3/t4-,5+/m0/s1. The number of hydrogen-bond donors (Lipinski definition) is 3. The van der Waals surface area contributed by atoms with E-state index in [2.05, 4.69) is 0 Å². The maximum atomic E-state index is 11.2. The number of nitrogens with two attached hydrogens (primary N) is 1. The predicted octanol–water partition coefficient (Wildman–Crippen LogP) is -2.05. The van der Waals surface area contributed by atoms with E-state index in [1.807, 2.05) is 0 Å². The van der Waals surface area contributed by atoms with Gasteiger partial charge in [0.1, 0.15) is 0 Å². The van der Waals surface area contributed by atoms with Crippen LogP contribution in [0.15, 0.2) is 0 Å². The lowest BCUT2D eigenvalue weighted by Gasteiger charge is -2.23. The van der Waals surface area contributed by atoms with Gasteiger partial charge in [-0.25, -0.2) is 0 Å². The van der Waals surface area contributed by atoms with Crippen molar-refractivity contribution in [1.29, 1.82) is 0 Å². The minimum atomic E-state index is -1.49. The number of amides is 1. The van der Waals surface area contributed by atoms with Crippen LogP contribution in [0.4, 0.5) is 0 Å². The lowest BCUT2D eigenvalue weighted by atomic mass is 9.80. The first-order valence-corrected chi connectivity index (χ1v) is 3.96. The summed E-state index contributed by atoms with van der Waals surface area (Å²) >= 11 is 0. The summed E-state index contributed by atoms with van der Waals surface area (Å²) in [5, 5.41) is 17.6. The molecular weight excluding hydrogens is 159 g/mol. The molecule has 1 aliphatic rings. The van der Waals surface area contributed by atoms with Crippen molar-refractivity contribution in [3.05, 3.63) is 0 Å². The van der Waals surface area contributed by atoms with E-state index in [0.29, 0.717) is 13.0 Å². The summed E-state index contributed by atoms with van der Waals surface area (Å²) in [5.41, 5.74) is 5.45. The summed E-state index contributed by atoms with van der Waals surface area (Å²) in [4.78, 5) is 12.6. The summed E-state index contributed by atoms with van der Waals surface area (Å²) in [5.74, 6) is -0.762. The largest absolute Gasteiger partial charge is 0.475 e. The predicted molar refractivity (Wildman–Crippen MR) is 44.0 cm³/mol. The topological polar surface area (TPSA) is 86.8 Å². The summed E-state index contributed by atoms with van der Waals surface area (Å²) in [7, 11) is -1.49. The van der Waals surface area contributed by atoms with Crippen molar-refractivity contribution in [2.45, 2.75) is 25.3 Å². The maximum absolute atomic E-state index is 11.2. The molecule has 4 N–H and O–H groups in total. The average Bonchev–Trinajstić information content (AvgIpc) is 2.32. The van der Waals surface area contributed by atoms with Crippen LogP contribution in [-0.2, 0) is 4.79 Å². The Labute approximate surface area is 71.3 Å². The molecule has 0 aromatic carbocycles. The zero-order chi connectivity index (χ0) is 9.30. The van der Waals surface area contributed by atoms with E-state index in [-0.39, 0.29) is 5.91 Å². The average molecular weight is 172 g/mol. The van der Waals surface area contributed by atoms with Gasteiger partial charge in [-0.2, -0.15) is 0 Å². The van der Waals surface area contributed by atoms with Crippen LogP contribution in [0.1, 0.15) is 13.3 Å². The molecule has 0 unspecified atom stereocenters. The van der Waals surface area contributed by atoms with E-state index in [0.717, 1.165) is 0 Å². The molecular formula is C6H13BN2O3. The summed E-state index contributed by atoms with van der Waals surface area (Å²) in [6.45, 7) is 2.10. The zero-order valence-electron chi connectivity index (χ0n) is 6.97. The lowest BCUT2D eigenvalue weighted by molar-refractivity contribution is -0.129. The molecule has 2 atom stereocenters. The van der Waals surface area contributed by atoms with Crippen LogP contribution in [0.5, 0.6) is 0 Å². The summed E-state index contributed by atoms with van der Waals surface area (Å²) in [6, 6.07) is -0.466. The molecule has 12 heavy (non-hydrogen) atoms. The second-order valence-corrected chi connectivity index (χ2v) is 3.08. The number of likely N-dealkylation sites (tertiary alicyclic amines) is 1. The highest BCUT2D eigenvalue weighted by Crippen LogP contribution is 2.13. The van der Waals surface area contributed by atoms with Crippen molar-refractivity contribution < 1.29 is 14.8 Å². The van der Waals surface area contributed by atoms with Crippen molar-refractivity contribution >= 4 is 13.0 Å². The third-order valence-electron chi connectivity index (χ3n) is 2.20. The molecule has 0 aromatic heterocycles. The van der Waals surface area contributed by atoms with Crippen molar-refractivity contribution in [2.75, 3.05) is 6.54 Å². The Balaban J connectivity index is 2.59. The number of hydrogen-bond acceptors (Lipinski definition) is 4. The molecule has 0 aromatic rings. The van der Waals surface area contributed by atoms with Crippen LogP contribution in [0.2, 0.25) is 0 Å². The highest BCUT2D eigenvalue weighted by molar-refractivity contribution is 6.43. The molecule has 0 saturated carbocycles. The fourth-order valence-electron chi connectivity index (χ4n) is 1.29. The van der Waals surface area contributed by atoms with Crippen LogP contribution < -0.4 is 5.73 Å². The van der Waals surface area contributed by atoms with Gasteiger partial charge in [0.25, 0.3) is 0 Å². The van der Waals surface area contributed by atoms with Crippen LogP contribution in [0.3, 0.4) is 0 Å². The van der Waals surface area contributed by atoms with Crippen molar-refractivity contribution in [2.24, 2.45) is 5.73 Å². The highest BCUT2D eigenvalue weighted by atomic mass is 16.4. The van der Waals surface area contributed by atoms with Crippen LogP contribution in [0.25, 0.3) is 0 Å². The Hall–Kier alpha value is -0.585. The molecule has 1 fully saturated rings. The summed E-state index contributed by atoms with van der Waals surface area (Å²) in [6.07, 6.45) is 0.593. The van der Waals surface area contributed by atoms with Gasteiger partial charge < -0.3 is 20.7 Å². The Morgan fingerprint density at radius 2 is 2.33 bits per heavy atom. The zero-order valence-corrected chi connectivity index (χ0v) is 6.97. The van der Waals surface area contributed by atoms with Crippen molar-refractivity contribution in [3.63, 3.8) is 0 Å². The SMILES string of the molecule is C[C@@H](B(O)O)N1CC[C@@H](N)C1=O.